The molecule has 0 aliphatic rings. The van der Waals surface area contributed by atoms with E-state index in [2.05, 4.69) is 0 Å². The first-order valence-electron chi connectivity index (χ1n) is 3.71. The SMILES string of the molecule is CS(=O)(=O)Cc1cc(N)c(I)cc1F. The molecule has 0 aliphatic carbocycles. The van der Waals surface area contributed by atoms with Gasteiger partial charge in [-0.25, -0.2) is 12.8 Å². The summed E-state index contributed by atoms with van der Waals surface area (Å²) in [7, 11) is -3.23. The zero-order chi connectivity index (χ0) is 10.9. The fourth-order valence-corrected chi connectivity index (χ4v) is 2.22. The van der Waals surface area contributed by atoms with Crippen LogP contribution in [0.5, 0.6) is 0 Å². The molecule has 6 heteroatoms. The van der Waals surface area contributed by atoms with Gasteiger partial charge in [0.2, 0.25) is 0 Å². The van der Waals surface area contributed by atoms with Crippen LogP contribution >= 0.6 is 22.6 Å². The van der Waals surface area contributed by atoms with E-state index in [4.69, 9.17) is 5.73 Å². The molecule has 3 nitrogen and oxygen atoms in total. The summed E-state index contributed by atoms with van der Waals surface area (Å²) in [6.07, 6.45) is 1.06. The average Bonchev–Trinajstić information content (AvgIpc) is 1.97. The zero-order valence-corrected chi connectivity index (χ0v) is 10.4. The maximum atomic E-state index is 13.2. The van der Waals surface area contributed by atoms with Crippen LogP contribution in [0.4, 0.5) is 10.1 Å². The third-order valence-corrected chi connectivity index (χ3v) is 3.35. The molecule has 1 aromatic carbocycles. The van der Waals surface area contributed by atoms with Crippen LogP contribution in [0.3, 0.4) is 0 Å². The summed E-state index contributed by atoms with van der Waals surface area (Å²) in [5, 5.41) is 0. The molecule has 0 atom stereocenters. The van der Waals surface area contributed by atoms with Crippen molar-refractivity contribution in [2.45, 2.75) is 5.75 Å². The van der Waals surface area contributed by atoms with E-state index in [1.165, 1.54) is 12.1 Å². The number of halogens is 2. The number of hydrogen-bond donors (Lipinski definition) is 1. The summed E-state index contributed by atoms with van der Waals surface area (Å²) in [5.74, 6) is -0.853. The number of benzene rings is 1. The quantitative estimate of drug-likeness (QED) is 0.662. The summed E-state index contributed by atoms with van der Waals surface area (Å²) < 4.78 is 35.7. The molecule has 0 aliphatic heterocycles. The van der Waals surface area contributed by atoms with E-state index in [-0.39, 0.29) is 11.3 Å². The molecule has 0 saturated heterocycles. The maximum absolute atomic E-state index is 13.2. The second-order valence-corrected chi connectivity index (χ2v) is 6.34. The van der Waals surface area contributed by atoms with Crippen LogP contribution in [0.1, 0.15) is 5.56 Å². The van der Waals surface area contributed by atoms with E-state index in [1.807, 2.05) is 22.6 Å². The van der Waals surface area contributed by atoms with Crippen LogP contribution in [0, 0.1) is 9.39 Å². The largest absolute Gasteiger partial charge is 0.398 e. The lowest BCUT2D eigenvalue weighted by Crippen LogP contribution is -2.04. The third kappa shape index (κ3) is 3.09. The number of anilines is 1. The van der Waals surface area contributed by atoms with Crippen molar-refractivity contribution in [1.29, 1.82) is 0 Å². The summed E-state index contributed by atoms with van der Waals surface area (Å²) in [5.41, 5.74) is 6.05. The number of sulfone groups is 1. The predicted molar refractivity (Wildman–Crippen MR) is 62.1 cm³/mol. The molecular weight excluding hydrogens is 320 g/mol. The molecule has 1 aromatic rings. The van der Waals surface area contributed by atoms with Crippen molar-refractivity contribution < 1.29 is 12.8 Å². The van der Waals surface area contributed by atoms with E-state index in [0.717, 1.165) is 6.26 Å². The molecular formula is C8H9FINO2S. The molecule has 0 unspecified atom stereocenters. The highest BCUT2D eigenvalue weighted by Crippen LogP contribution is 2.21. The van der Waals surface area contributed by atoms with Gasteiger partial charge in [-0.3, -0.25) is 0 Å². The second kappa shape index (κ2) is 4.01. The predicted octanol–water partition coefficient (Wildman–Crippen LogP) is 1.56. The normalized spacial score (nSPS) is 11.6. The molecule has 0 radical (unpaired) electrons. The van der Waals surface area contributed by atoms with Gasteiger partial charge >= 0.3 is 0 Å². The molecule has 0 spiro atoms. The number of rotatable bonds is 2. The van der Waals surface area contributed by atoms with Crippen LogP contribution < -0.4 is 5.73 Å². The standard InChI is InChI=1S/C8H9FINO2S/c1-14(12,13)4-5-2-8(11)7(10)3-6(5)9/h2-3H,4,11H2,1H3. The minimum Gasteiger partial charge on any atom is -0.398 e. The minimum atomic E-state index is -3.23. The highest BCUT2D eigenvalue weighted by molar-refractivity contribution is 14.1. The van der Waals surface area contributed by atoms with Gasteiger partial charge in [-0.1, -0.05) is 0 Å². The molecule has 0 amide bonds. The molecule has 0 fully saturated rings. The van der Waals surface area contributed by atoms with Crippen LogP contribution in [0.15, 0.2) is 12.1 Å². The molecule has 14 heavy (non-hydrogen) atoms. The molecule has 0 bridgehead atoms. The molecule has 1 rings (SSSR count). The Morgan fingerprint density at radius 1 is 1.50 bits per heavy atom. The van der Waals surface area contributed by atoms with Crippen molar-refractivity contribution in [2.24, 2.45) is 0 Å². The van der Waals surface area contributed by atoms with Crippen molar-refractivity contribution >= 4 is 38.1 Å². The molecule has 0 saturated carbocycles. The first kappa shape index (κ1) is 11.7. The smallest absolute Gasteiger partial charge is 0.151 e. The van der Waals surface area contributed by atoms with Crippen LogP contribution in [0.2, 0.25) is 0 Å². The van der Waals surface area contributed by atoms with E-state index < -0.39 is 15.7 Å². The van der Waals surface area contributed by atoms with Gasteiger partial charge in [0.25, 0.3) is 0 Å². The molecule has 0 heterocycles. The highest BCUT2D eigenvalue weighted by atomic mass is 127. The van der Waals surface area contributed by atoms with Gasteiger partial charge in [0.15, 0.2) is 9.84 Å². The van der Waals surface area contributed by atoms with Crippen LogP contribution in [-0.4, -0.2) is 14.7 Å². The van der Waals surface area contributed by atoms with Gasteiger partial charge in [-0.15, -0.1) is 0 Å². The van der Waals surface area contributed by atoms with Gasteiger partial charge in [0.05, 0.1) is 5.75 Å². The molecule has 78 valence electrons. The Labute approximate surface area is 95.6 Å². The average molecular weight is 329 g/mol. The Morgan fingerprint density at radius 2 is 2.07 bits per heavy atom. The number of nitrogens with two attached hydrogens (primary N) is 1. The van der Waals surface area contributed by atoms with Crippen molar-refractivity contribution in [3.63, 3.8) is 0 Å². The first-order chi connectivity index (χ1) is 6.29. The van der Waals surface area contributed by atoms with Gasteiger partial charge in [0.1, 0.15) is 5.82 Å². The third-order valence-electron chi connectivity index (χ3n) is 1.58. The Hall–Kier alpha value is -0.370. The van der Waals surface area contributed by atoms with Crippen molar-refractivity contribution in [3.05, 3.63) is 27.1 Å². The Bertz CT molecular complexity index is 459. The minimum absolute atomic E-state index is 0.116. The fourth-order valence-electron chi connectivity index (χ4n) is 1.01. The topological polar surface area (TPSA) is 60.2 Å². The summed E-state index contributed by atoms with van der Waals surface area (Å²) in [4.78, 5) is 0. The maximum Gasteiger partial charge on any atom is 0.151 e. The first-order valence-corrected chi connectivity index (χ1v) is 6.84. The monoisotopic (exact) mass is 329 g/mol. The summed E-state index contributed by atoms with van der Waals surface area (Å²) >= 11 is 1.89. The van der Waals surface area contributed by atoms with Gasteiger partial charge in [0, 0.05) is 21.1 Å². The fraction of sp³-hybridized carbons (Fsp3) is 0.250. The van der Waals surface area contributed by atoms with Crippen molar-refractivity contribution in [1.82, 2.24) is 0 Å². The summed E-state index contributed by atoms with van der Waals surface area (Å²) in [6.45, 7) is 0. The van der Waals surface area contributed by atoms with Crippen LogP contribution in [-0.2, 0) is 15.6 Å². The van der Waals surface area contributed by atoms with E-state index >= 15 is 0 Å². The van der Waals surface area contributed by atoms with Gasteiger partial charge in [-0.2, -0.15) is 0 Å². The lowest BCUT2D eigenvalue weighted by molar-refractivity contribution is 0.591. The van der Waals surface area contributed by atoms with Gasteiger partial charge in [-0.05, 0) is 34.7 Å². The molecule has 0 aromatic heterocycles. The lowest BCUT2D eigenvalue weighted by atomic mass is 10.2. The van der Waals surface area contributed by atoms with Crippen LogP contribution in [0.25, 0.3) is 0 Å². The lowest BCUT2D eigenvalue weighted by Gasteiger charge is -2.04. The number of nitrogen functional groups attached to an aromatic ring is 1. The number of hydrogen-bond acceptors (Lipinski definition) is 3. The highest BCUT2D eigenvalue weighted by Gasteiger charge is 2.11. The molecule has 2 N–H and O–H groups in total. The van der Waals surface area contributed by atoms with Gasteiger partial charge < -0.3 is 5.73 Å². The Balaban J connectivity index is 3.17. The van der Waals surface area contributed by atoms with E-state index in [1.54, 1.807) is 0 Å². The van der Waals surface area contributed by atoms with E-state index in [0.29, 0.717) is 9.26 Å². The summed E-state index contributed by atoms with van der Waals surface area (Å²) in [6, 6.07) is 2.59. The zero-order valence-electron chi connectivity index (χ0n) is 7.42. The second-order valence-electron chi connectivity index (χ2n) is 3.04. The van der Waals surface area contributed by atoms with E-state index in [9.17, 15) is 12.8 Å². The Kier molecular flexibility index (Phi) is 3.36. The Morgan fingerprint density at radius 3 is 2.57 bits per heavy atom. The van der Waals surface area contributed by atoms with Crippen molar-refractivity contribution in [3.8, 4) is 0 Å². The van der Waals surface area contributed by atoms with Crippen molar-refractivity contribution in [2.75, 3.05) is 12.0 Å².